The Balaban J connectivity index is 2.83. The van der Waals surface area contributed by atoms with Crippen LogP contribution in [0, 0.1) is 0 Å². The minimum Gasteiger partial charge on any atom is -0.326 e. The van der Waals surface area contributed by atoms with E-state index in [0.717, 1.165) is 5.56 Å². The Morgan fingerprint density at radius 2 is 1.29 bits per heavy atom. The van der Waals surface area contributed by atoms with E-state index in [-0.39, 0.29) is 12.1 Å². The van der Waals surface area contributed by atoms with Crippen molar-refractivity contribution in [3.63, 3.8) is 0 Å². The van der Waals surface area contributed by atoms with Crippen LogP contribution in [0.25, 0.3) is 0 Å². The Morgan fingerprint density at radius 3 is 1.64 bits per heavy atom. The van der Waals surface area contributed by atoms with Crippen LogP contribution < -0.4 is 11.5 Å². The van der Waals surface area contributed by atoms with Crippen molar-refractivity contribution in [3.8, 4) is 0 Å². The summed E-state index contributed by atoms with van der Waals surface area (Å²) >= 11 is 0. The van der Waals surface area contributed by atoms with Crippen molar-refractivity contribution in [2.24, 2.45) is 11.5 Å². The smallest absolute Gasteiger partial charge is 0.0445 e. The zero-order valence-corrected chi connectivity index (χ0v) is 9.20. The van der Waals surface area contributed by atoms with Gasteiger partial charge in [-0.15, -0.1) is 0 Å². The zero-order chi connectivity index (χ0) is 10.7. The summed E-state index contributed by atoms with van der Waals surface area (Å²) in [6, 6.07) is 8.34. The Labute approximate surface area is 86.3 Å². The molecule has 1 rings (SSSR count). The summed E-state index contributed by atoms with van der Waals surface area (Å²) < 4.78 is 0. The Hall–Kier alpha value is -0.860. The van der Waals surface area contributed by atoms with Gasteiger partial charge < -0.3 is 11.5 Å². The first-order valence-electron chi connectivity index (χ1n) is 5.13. The van der Waals surface area contributed by atoms with Crippen LogP contribution in [0.1, 0.15) is 43.9 Å². The van der Waals surface area contributed by atoms with E-state index in [1.165, 1.54) is 5.56 Å². The summed E-state index contributed by atoms with van der Waals surface area (Å²) in [6.45, 7) is 6.29. The summed E-state index contributed by atoms with van der Waals surface area (Å²) in [5.41, 5.74) is 14.1. The second-order valence-corrected chi connectivity index (χ2v) is 4.21. The molecule has 4 N–H and O–H groups in total. The fourth-order valence-electron chi connectivity index (χ4n) is 1.41. The van der Waals surface area contributed by atoms with Crippen molar-refractivity contribution in [2.45, 2.75) is 38.8 Å². The maximum atomic E-state index is 5.94. The molecule has 0 radical (unpaired) electrons. The molecule has 0 amide bonds. The molecule has 14 heavy (non-hydrogen) atoms. The van der Waals surface area contributed by atoms with Gasteiger partial charge in [0.1, 0.15) is 0 Å². The van der Waals surface area contributed by atoms with Gasteiger partial charge in [0.25, 0.3) is 0 Å². The number of hydrogen-bond acceptors (Lipinski definition) is 2. The van der Waals surface area contributed by atoms with E-state index in [0.29, 0.717) is 5.92 Å². The van der Waals surface area contributed by atoms with E-state index in [9.17, 15) is 0 Å². The molecule has 0 aliphatic rings. The van der Waals surface area contributed by atoms with Gasteiger partial charge in [0.05, 0.1) is 0 Å². The highest BCUT2D eigenvalue weighted by Gasteiger charge is 2.10. The molecule has 0 fully saturated rings. The van der Waals surface area contributed by atoms with Crippen molar-refractivity contribution in [3.05, 3.63) is 35.4 Å². The van der Waals surface area contributed by atoms with Gasteiger partial charge in [0.2, 0.25) is 0 Å². The molecule has 1 aromatic carbocycles. The van der Waals surface area contributed by atoms with Gasteiger partial charge in [0, 0.05) is 12.1 Å². The topological polar surface area (TPSA) is 52.0 Å². The van der Waals surface area contributed by atoms with Crippen LogP contribution in [0.3, 0.4) is 0 Å². The van der Waals surface area contributed by atoms with Gasteiger partial charge in [-0.05, 0) is 24.0 Å². The predicted octanol–water partition coefficient (Wildman–Crippen LogP) is 2.16. The lowest BCUT2D eigenvalue weighted by Gasteiger charge is -2.16. The van der Waals surface area contributed by atoms with Crippen LogP contribution in [0.5, 0.6) is 0 Å². The van der Waals surface area contributed by atoms with Gasteiger partial charge in [-0.25, -0.2) is 0 Å². The molecular formula is C12H20N2. The molecule has 0 bridgehead atoms. The lowest BCUT2D eigenvalue weighted by Crippen LogP contribution is -2.30. The quantitative estimate of drug-likeness (QED) is 0.771. The molecule has 0 aliphatic heterocycles. The minimum atomic E-state index is -0.0591. The molecular weight excluding hydrogens is 172 g/mol. The molecule has 1 aromatic rings. The summed E-state index contributed by atoms with van der Waals surface area (Å²) in [5.74, 6) is 0.565. The SMILES string of the molecule is CC(C)c1ccc(C(N)C(C)N)cc1. The van der Waals surface area contributed by atoms with Crippen LogP contribution >= 0.6 is 0 Å². The first-order valence-corrected chi connectivity index (χ1v) is 5.13. The molecule has 0 aromatic heterocycles. The van der Waals surface area contributed by atoms with Gasteiger partial charge in [-0.2, -0.15) is 0 Å². The fourth-order valence-corrected chi connectivity index (χ4v) is 1.41. The summed E-state index contributed by atoms with van der Waals surface area (Å²) in [4.78, 5) is 0. The maximum absolute atomic E-state index is 5.94. The first kappa shape index (κ1) is 11.2. The van der Waals surface area contributed by atoms with Crippen LogP contribution in [0.4, 0.5) is 0 Å². The van der Waals surface area contributed by atoms with Crippen molar-refractivity contribution in [1.29, 1.82) is 0 Å². The Morgan fingerprint density at radius 1 is 0.857 bits per heavy atom. The fraction of sp³-hybridized carbons (Fsp3) is 0.500. The molecule has 2 nitrogen and oxygen atoms in total. The van der Waals surface area contributed by atoms with Crippen LogP contribution in [-0.4, -0.2) is 6.04 Å². The average molecular weight is 192 g/mol. The number of rotatable bonds is 3. The molecule has 0 spiro atoms. The second kappa shape index (κ2) is 4.58. The van der Waals surface area contributed by atoms with E-state index in [1.807, 2.05) is 6.92 Å². The van der Waals surface area contributed by atoms with Gasteiger partial charge in [-0.3, -0.25) is 0 Å². The standard InChI is InChI=1S/C12H20N2/c1-8(2)10-4-6-11(7-5-10)12(14)9(3)13/h4-9,12H,13-14H2,1-3H3. The normalized spacial score (nSPS) is 15.6. The number of hydrogen-bond donors (Lipinski definition) is 2. The monoisotopic (exact) mass is 192 g/mol. The summed E-state index contributed by atoms with van der Waals surface area (Å²) in [6.07, 6.45) is 0. The molecule has 78 valence electrons. The van der Waals surface area contributed by atoms with Gasteiger partial charge >= 0.3 is 0 Å². The average Bonchev–Trinajstić information content (AvgIpc) is 2.16. The van der Waals surface area contributed by atoms with Gasteiger partial charge in [-0.1, -0.05) is 38.1 Å². The van der Waals surface area contributed by atoms with E-state index < -0.39 is 0 Å². The molecule has 2 atom stereocenters. The third-order valence-corrected chi connectivity index (χ3v) is 2.55. The molecule has 2 heteroatoms. The van der Waals surface area contributed by atoms with Crippen LogP contribution in [-0.2, 0) is 0 Å². The lowest BCUT2D eigenvalue weighted by molar-refractivity contribution is 0.589. The summed E-state index contributed by atoms with van der Waals surface area (Å²) in [7, 11) is 0. The van der Waals surface area contributed by atoms with E-state index in [2.05, 4.69) is 38.1 Å². The van der Waals surface area contributed by atoms with Crippen molar-refractivity contribution in [1.82, 2.24) is 0 Å². The van der Waals surface area contributed by atoms with Crippen LogP contribution in [0.2, 0.25) is 0 Å². The Bertz CT molecular complexity index is 275. The molecule has 0 aliphatic carbocycles. The number of benzene rings is 1. The molecule has 0 saturated heterocycles. The lowest BCUT2D eigenvalue weighted by atomic mass is 9.97. The van der Waals surface area contributed by atoms with Crippen molar-refractivity contribution < 1.29 is 0 Å². The molecule has 0 heterocycles. The molecule has 2 unspecified atom stereocenters. The van der Waals surface area contributed by atoms with Crippen molar-refractivity contribution >= 4 is 0 Å². The van der Waals surface area contributed by atoms with E-state index in [4.69, 9.17) is 11.5 Å². The van der Waals surface area contributed by atoms with E-state index in [1.54, 1.807) is 0 Å². The number of nitrogens with two attached hydrogens (primary N) is 2. The highest BCUT2D eigenvalue weighted by molar-refractivity contribution is 5.27. The third kappa shape index (κ3) is 2.56. The highest BCUT2D eigenvalue weighted by Crippen LogP contribution is 2.18. The highest BCUT2D eigenvalue weighted by atomic mass is 14.8. The molecule has 0 saturated carbocycles. The Kier molecular flexibility index (Phi) is 3.67. The van der Waals surface area contributed by atoms with E-state index >= 15 is 0 Å². The largest absolute Gasteiger partial charge is 0.326 e. The minimum absolute atomic E-state index is 0.0000926. The zero-order valence-electron chi connectivity index (χ0n) is 9.20. The van der Waals surface area contributed by atoms with Crippen LogP contribution in [0.15, 0.2) is 24.3 Å². The first-order chi connectivity index (χ1) is 6.52. The second-order valence-electron chi connectivity index (χ2n) is 4.21. The summed E-state index contributed by atoms with van der Waals surface area (Å²) in [5, 5.41) is 0. The third-order valence-electron chi connectivity index (χ3n) is 2.55. The van der Waals surface area contributed by atoms with Gasteiger partial charge in [0.15, 0.2) is 0 Å². The maximum Gasteiger partial charge on any atom is 0.0445 e. The predicted molar refractivity (Wildman–Crippen MR) is 61.1 cm³/mol. The van der Waals surface area contributed by atoms with Crippen molar-refractivity contribution in [2.75, 3.05) is 0 Å².